The van der Waals surface area contributed by atoms with E-state index in [0.29, 0.717) is 18.0 Å². The topological polar surface area (TPSA) is 98.2 Å². The van der Waals surface area contributed by atoms with Crippen LogP contribution in [0.4, 0.5) is 0 Å². The van der Waals surface area contributed by atoms with E-state index < -0.39 is 18.0 Å². The van der Waals surface area contributed by atoms with Crippen molar-refractivity contribution in [1.29, 1.82) is 0 Å². The molecule has 2 saturated heterocycles. The fourth-order valence-corrected chi connectivity index (χ4v) is 5.66. The van der Waals surface area contributed by atoms with E-state index >= 15 is 0 Å². The van der Waals surface area contributed by atoms with E-state index in [0.717, 1.165) is 12.8 Å². The Morgan fingerprint density at radius 2 is 1.92 bits per heavy atom. The molecule has 3 aliphatic heterocycles. The minimum Gasteiger partial charge on any atom is -0.477 e. The third-order valence-corrected chi connectivity index (χ3v) is 7.14. The number of carbonyl (C=O) groups excluding carboxylic acids is 2. The summed E-state index contributed by atoms with van der Waals surface area (Å²) in [6.45, 7) is 4.78. The molecule has 0 spiro atoms. The van der Waals surface area contributed by atoms with Gasteiger partial charge in [0, 0.05) is 35.1 Å². The van der Waals surface area contributed by atoms with Crippen molar-refractivity contribution in [2.45, 2.75) is 44.1 Å². The van der Waals surface area contributed by atoms with Crippen LogP contribution in [0.25, 0.3) is 0 Å². The zero-order valence-electron chi connectivity index (χ0n) is 14.2. The van der Waals surface area contributed by atoms with Gasteiger partial charge in [-0.05, 0) is 19.8 Å². The van der Waals surface area contributed by atoms with Crippen molar-refractivity contribution in [3.8, 4) is 0 Å². The molecule has 0 bridgehead atoms. The van der Waals surface area contributed by atoms with Crippen LogP contribution in [0.5, 0.6) is 0 Å². The lowest BCUT2D eigenvalue weighted by Crippen LogP contribution is -2.63. The average Bonchev–Trinajstić information content (AvgIpc) is 3.29. The third-order valence-electron chi connectivity index (χ3n) is 5.69. The second kappa shape index (κ2) is 5.74. The Bertz CT molecular complexity index is 681. The fraction of sp³-hybridized carbons (Fsp3) is 0.706. The van der Waals surface area contributed by atoms with Crippen molar-refractivity contribution < 1.29 is 24.6 Å². The van der Waals surface area contributed by atoms with Gasteiger partial charge in [-0.3, -0.25) is 9.59 Å². The molecule has 1 saturated carbocycles. The van der Waals surface area contributed by atoms with E-state index in [1.165, 1.54) is 16.7 Å². The second-order valence-corrected chi connectivity index (χ2v) is 8.87. The van der Waals surface area contributed by atoms with Crippen LogP contribution in [-0.4, -0.2) is 68.3 Å². The first-order chi connectivity index (χ1) is 11.8. The number of likely N-dealkylation sites (tertiary alicyclic amines) is 1. The van der Waals surface area contributed by atoms with Crippen LogP contribution < -0.4 is 0 Å². The standard InChI is InChI=1S/C17H22N2O5S/c1-7-12-11(8(2)20)16(22)19(12)13(17(23)24)14(7)25-10-5-18(6-10)15(21)9-3-4-9/h7-12,20H,3-6H2,1-2H3,(H,23,24)/t7-,8-,11-,12-/m1/s1. The Kier molecular flexibility index (Phi) is 3.88. The summed E-state index contributed by atoms with van der Waals surface area (Å²) in [6, 6.07) is -0.273. The van der Waals surface area contributed by atoms with Crippen LogP contribution in [-0.2, 0) is 14.4 Å². The van der Waals surface area contributed by atoms with E-state index in [9.17, 15) is 24.6 Å². The van der Waals surface area contributed by atoms with Crippen LogP contribution in [0, 0.1) is 17.8 Å². The quantitative estimate of drug-likeness (QED) is 0.688. The predicted molar refractivity (Wildman–Crippen MR) is 90.3 cm³/mol. The molecule has 25 heavy (non-hydrogen) atoms. The van der Waals surface area contributed by atoms with Gasteiger partial charge < -0.3 is 20.0 Å². The Labute approximate surface area is 150 Å². The molecule has 3 heterocycles. The number of aliphatic hydroxyl groups is 1. The zero-order chi connectivity index (χ0) is 18.0. The minimum absolute atomic E-state index is 0.0661. The molecule has 136 valence electrons. The van der Waals surface area contributed by atoms with Crippen molar-refractivity contribution >= 4 is 29.5 Å². The Morgan fingerprint density at radius 1 is 1.28 bits per heavy atom. The maximum Gasteiger partial charge on any atom is 0.353 e. The minimum atomic E-state index is -1.10. The van der Waals surface area contributed by atoms with Gasteiger partial charge in [-0.25, -0.2) is 4.79 Å². The monoisotopic (exact) mass is 366 g/mol. The number of aliphatic carboxylic acids is 1. The van der Waals surface area contributed by atoms with Crippen LogP contribution in [0.2, 0.25) is 0 Å². The summed E-state index contributed by atoms with van der Waals surface area (Å²) in [5.41, 5.74) is 0.0661. The molecule has 4 rings (SSSR count). The number of hydrogen-bond acceptors (Lipinski definition) is 5. The van der Waals surface area contributed by atoms with Crippen molar-refractivity contribution in [3.63, 3.8) is 0 Å². The summed E-state index contributed by atoms with van der Waals surface area (Å²) in [4.78, 5) is 39.9. The van der Waals surface area contributed by atoms with Gasteiger partial charge in [0.15, 0.2) is 0 Å². The number of hydrogen-bond donors (Lipinski definition) is 2. The van der Waals surface area contributed by atoms with Crippen molar-refractivity contribution in [3.05, 3.63) is 10.6 Å². The summed E-state index contributed by atoms with van der Waals surface area (Å²) < 4.78 is 0. The summed E-state index contributed by atoms with van der Waals surface area (Å²) >= 11 is 1.48. The van der Waals surface area contributed by atoms with Gasteiger partial charge >= 0.3 is 5.97 Å². The number of fused-ring (bicyclic) bond motifs is 1. The van der Waals surface area contributed by atoms with Gasteiger partial charge in [0.1, 0.15) is 5.70 Å². The molecule has 4 aliphatic rings. The van der Waals surface area contributed by atoms with E-state index in [1.54, 1.807) is 6.92 Å². The number of thioether (sulfide) groups is 1. The zero-order valence-corrected chi connectivity index (χ0v) is 15.0. The molecule has 0 unspecified atom stereocenters. The van der Waals surface area contributed by atoms with Gasteiger partial charge in [0.25, 0.3) is 0 Å². The average molecular weight is 366 g/mol. The van der Waals surface area contributed by atoms with E-state index in [1.807, 2.05) is 11.8 Å². The maximum atomic E-state index is 12.3. The van der Waals surface area contributed by atoms with E-state index in [2.05, 4.69) is 0 Å². The molecule has 0 aromatic heterocycles. The number of β-lactam (4-membered cyclic amide) rings is 1. The first kappa shape index (κ1) is 16.9. The third kappa shape index (κ3) is 2.49. The van der Waals surface area contributed by atoms with Crippen molar-refractivity contribution in [2.75, 3.05) is 13.1 Å². The maximum absolute atomic E-state index is 12.3. The first-order valence-corrected chi connectivity index (χ1v) is 9.63. The molecule has 8 heteroatoms. The lowest BCUT2D eigenvalue weighted by Gasteiger charge is -2.46. The highest BCUT2D eigenvalue weighted by Crippen LogP contribution is 2.52. The van der Waals surface area contributed by atoms with Crippen LogP contribution >= 0.6 is 11.8 Å². The Morgan fingerprint density at radius 3 is 2.44 bits per heavy atom. The molecule has 4 atom stereocenters. The van der Waals surface area contributed by atoms with Crippen molar-refractivity contribution in [2.24, 2.45) is 17.8 Å². The number of carboxylic acids is 1. The largest absolute Gasteiger partial charge is 0.477 e. The Hall–Kier alpha value is -1.54. The van der Waals surface area contributed by atoms with E-state index in [4.69, 9.17) is 0 Å². The lowest BCUT2D eigenvalue weighted by atomic mass is 9.79. The smallest absolute Gasteiger partial charge is 0.353 e. The molecular weight excluding hydrogens is 344 g/mol. The molecule has 0 aromatic carbocycles. The molecule has 3 fully saturated rings. The lowest BCUT2D eigenvalue weighted by molar-refractivity contribution is -0.163. The summed E-state index contributed by atoms with van der Waals surface area (Å²) in [5, 5.41) is 19.6. The van der Waals surface area contributed by atoms with Gasteiger partial charge in [-0.1, -0.05) is 6.92 Å². The normalized spacial score (nSPS) is 33.1. The number of amides is 2. The van der Waals surface area contributed by atoms with Gasteiger partial charge in [0.05, 0.1) is 18.1 Å². The van der Waals surface area contributed by atoms with Gasteiger partial charge in [-0.2, -0.15) is 0 Å². The van der Waals surface area contributed by atoms with Crippen LogP contribution in [0.1, 0.15) is 26.7 Å². The second-order valence-electron chi connectivity index (χ2n) is 7.53. The molecule has 1 aliphatic carbocycles. The number of carbonyl (C=O) groups is 3. The highest BCUT2D eigenvalue weighted by atomic mass is 32.2. The summed E-state index contributed by atoms with van der Waals surface area (Å²) in [6.07, 6.45) is 1.18. The highest BCUT2D eigenvalue weighted by Gasteiger charge is 2.60. The molecular formula is C17H22N2O5S. The highest BCUT2D eigenvalue weighted by molar-refractivity contribution is 8.03. The Balaban J connectivity index is 1.48. The molecule has 2 N–H and O–H groups in total. The first-order valence-electron chi connectivity index (χ1n) is 8.75. The predicted octanol–water partition coefficient (Wildman–Crippen LogP) is 0.494. The molecule has 2 amide bonds. The number of rotatable bonds is 5. The fourth-order valence-electron chi connectivity index (χ4n) is 4.14. The number of nitrogens with zero attached hydrogens (tertiary/aromatic N) is 2. The summed E-state index contributed by atoms with van der Waals surface area (Å²) in [5.74, 6) is -1.62. The van der Waals surface area contributed by atoms with Gasteiger partial charge in [0.2, 0.25) is 11.8 Å². The van der Waals surface area contributed by atoms with Crippen molar-refractivity contribution in [1.82, 2.24) is 9.80 Å². The molecule has 7 nitrogen and oxygen atoms in total. The van der Waals surface area contributed by atoms with Crippen LogP contribution in [0.15, 0.2) is 10.6 Å². The van der Waals surface area contributed by atoms with Gasteiger partial charge in [-0.15, -0.1) is 11.8 Å². The van der Waals surface area contributed by atoms with E-state index in [-0.39, 0.29) is 40.6 Å². The number of aliphatic hydroxyl groups excluding tert-OH is 1. The summed E-state index contributed by atoms with van der Waals surface area (Å²) in [7, 11) is 0. The number of carboxylic acid groups (broad SMARTS) is 1. The van der Waals surface area contributed by atoms with Crippen LogP contribution in [0.3, 0.4) is 0 Å². The molecule has 0 radical (unpaired) electrons. The molecule has 0 aromatic rings. The SMILES string of the molecule is C[C@@H](O)[C@H]1C(=O)N2C(C(=O)O)=C(SC3CN(C(=O)C4CC4)C3)[C@H](C)[C@H]12.